The van der Waals surface area contributed by atoms with E-state index in [9.17, 15) is 9.50 Å². The first kappa shape index (κ1) is 12.9. The Bertz CT molecular complexity index is 503. The van der Waals surface area contributed by atoms with Crippen molar-refractivity contribution in [3.8, 4) is 0 Å². The highest BCUT2D eigenvalue weighted by atomic mass is 35.5. The molecule has 4 nitrogen and oxygen atoms in total. The van der Waals surface area contributed by atoms with E-state index in [-0.39, 0.29) is 11.0 Å². The third-order valence-corrected chi connectivity index (χ3v) is 2.68. The van der Waals surface area contributed by atoms with Gasteiger partial charge in [0.25, 0.3) is 0 Å². The summed E-state index contributed by atoms with van der Waals surface area (Å²) < 4.78 is 13.1. The summed E-state index contributed by atoms with van der Waals surface area (Å²) in [6.45, 7) is 0. The molecule has 18 heavy (non-hydrogen) atoms. The fourth-order valence-electron chi connectivity index (χ4n) is 1.55. The molecule has 2 aromatic rings. The van der Waals surface area contributed by atoms with E-state index in [1.807, 2.05) is 0 Å². The monoisotopic (exact) mass is 267 g/mol. The molecule has 0 amide bonds. The maximum absolute atomic E-state index is 13.1. The number of aliphatic hydroxyl groups excluding tert-OH is 1. The van der Waals surface area contributed by atoms with Crippen molar-refractivity contribution in [3.63, 3.8) is 0 Å². The average Bonchev–Trinajstić information content (AvgIpc) is 2.37. The Hall–Kier alpha value is -1.56. The van der Waals surface area contributed by atoms with Crippen LogP contribution in [0.1, 0.15) is 23.5 Å². The second-order valence-electron chi connectivity index (χ2n) is 3.76. The number of aliphatic hydroxyl groups is 1. The summed E-state index contributed by atoms with van der Waals surface area (Å²) in [5.74, 6) is -0.231. The first-order valence-electron chi connectivity index (χ1n) is 5.25. The normalized spacial score (nSPS) is 14.2. The smallest absolute Gasteiger partial charge is 0.149 e. The molecular formula is C12H11ClFN3O. The predicted molar refractivity (Wildman–Crippen MR) is 65.3 cm³/mol. The van der Waals surface area contributed by atoms with Gasteiger partial charge in [0.1, 0.15) is 22.9 Å². The zero-order valence-electron chi connectivity index (χ0n) is 9.29. The van der Waals surface area contributed by atoms with Crippen LogP contribution in [0.4, 0.5) is 4.39 Å². The summed E-state index contributed by atoms with van der Waals surface area (Å²) in [5, 5.41) is 10.3. The molecule has 0 bridgehead atoms. The van der Waals surface area contributed by atoms with Gasteiger partial charge < -0.3 is 10.8 Å². The standard InChI is InChI=1S/C12H11ClFN3O/c13-9-4-5-16-12(17-9)10(15)11(18)7-2-1-3-8(14)6-7/h1-6,10-11,18H,15H2/t10-,11?/m0/s1. The minimum Gasteiger partial charge on any atom is -0.386 e. The van der Waals surface area contributed by atoms with Gasteiger partial charge in [-0.3, -0.25) is 0 Å². The minimum absolute atomic E-state index is 0.208. The lowest BCUT2D eigenvalue weighted by atomic mass is 10.0. The third-order valence-electron chi connectivity index (χ3n) is 2.47. The summed E-state index contributed by atoms with van der Waals surface area (Å²) in [6.07, 6.45) is 0.349. The van der Waals surface area contributed by atoms with Crippen LogP contribution in [0.15, 0.2) is 36.5 Å². The molecule has 3 N–H and O–H groups in total. The summed E-state index contributed by atoms with van der Waals surface area (Å²) in [4.78, 5) is 7.85. The van der Waals surface area contributed by atoms with Crippen molar-refractivity contribution in [1.82, 2.24) is 9.97 Å². The van der Waals surface area contributed by atoms with E-state index in [4.69, 9.17) is 17.3 Å². The van der Waals surface area contributed by atoms with Crippen LogP contribution >= 0.6 is 11.6 Å². The molecule has 1 aromatic heterocycles. The Balaban J connectivity index is 2.26. The Labute approximate surface area is 108 Å². The van der Waals surface area contributed by atoms with Crippen LogP contribution < -0.4 is 5.73 Å². The maximum atomic E-state index is 13.1. The lowest BCUT2D eigenvalue weighted by molar-refractivity contribution is 0.143. The largest absolute Gasteiger partial charge is 0.386 e. The van der Waals surface area contributed by atoms with E-state index in [1.165, 1.54) is 30.5 Å². The molecule has 2 rings (SSSR count). The predicted octanol–water partition coefficient (Wildman–Crippen LogP) is 2.00. The van der Waals surface area contributed by atoms with Gasteiger partial charge in [-0.2, -0.15) is 0 Å². The number of nitrogens with zero attached hydrogens (tertiary/aromatic N) is 2. The van der Waals surface area contributed by atoms with Gasteiger partial charge in [0, 0.05) is 6.20 Å². The van der Waals surface area contributed by atoms with Crippen molar-refractivity contribution in [2.45, 2.75) is 12.1 Å². The van der Waals surface area contributed by atoms with Crippen molar-refractivity contribution >= 4 is 11.6 Å². The van der Waals surface area contributed by atoms with E-state index in [0.29, 0.717) is 5.56 Å². The molecule has 0 saturated heterocycles. The molecule has 1 aromatic carbocycles. The zero-order chi connectivity index (χ0) is 13.1. The highest BCUT2D eigenvalue weighted by molar-refractivity contribution is 6.29. The van der Waals surface area contributed by atoms with Crippen molar-refractivity contribution in [2.24, 2.45) is 5.73 Å². The molecule has 6 heteroatoms. The van der Waals surface area contributed by atoms with Gasteiger partial charge >= 0.3 is 0 Å². The van der Waals surface area contributed by atoms with E-state index in [0.717, 1.165) is 0 Å². The quantitative estimate of drug-likeness (QED) is 0.835. The number of nitrogens with two attached hydrogens (primary N) is 1. The summed E-state index contributed by atoms with van der Waals surface area (Å²) in [6, 6.07) is 6.22. The van der Waals surface area contributed by atoms with Crippen molar-refractivity contribution < 1.29 is 9.50 Å². The Morgan fingerprint density at radius 3 is 2.78 bits per heavy atom. The Morgan fingerprint density at radius 2 is 2.11 bits per heavy atom. The molecule has 0 aliphatic carbocycles. The molecule has 0 aliphatic heterocycles. The van der Waals surface area contributed by atoms with E-state index in [1.54, 1.807) is 6.07 Å². The highest BCUT2D eigenvalue weighted by Gasteiger charge is 2.21. The third kappa shape index (κ3) is 2.81. The van der Waals surface area contributed by atoms with E-state index >= 15 is 0 Å². The van der Waals surface area contributed by atoms with Crippen LogP contribution in [0.25, 0.3) is 0 Å². The lowest BCUT2D eigenvalue weighted by Gasteiger charge is -2.17. The van der Waals surface area contributed by atoms with Gasteiger partial charge in [-0.05, 0) is 23.8 Å². The first-order chi connectivity index (χ1) is 8.58. The maximum Gasteiger partial charge on any atom is 0.149 e. The molecule has 2 atom stereocenters. The molecule has 1 heterocycles. The molecule has 0 spiro atoms. The van der Waals surface area contributed by atoms with Gasteiger partial charge in [0.05, 0.1) is 6.04 Å². The number of benzene rings is 1. The van der Waals surface area contributed by atoms with Crippen molar-refractivity contribution in [1.29, 1.82) is 0 Å². The van der Waals surface area contributed by atoms with Crippen LogP contribution in [-0.4, -0.2) is 15.1 Å². The number of aromatic nitrogens is 2. The zero-order valence-corrected chi connectivity index (χ0v) is 10.0. The van der Waals surface area contributed by atoms with Crippen molar-refractivity contribution in [2.75, 3.05) is 0 Å². The second kappa shape index (κ2) is 5.39. The topological polar surface area (TPSA) is 72.0 Å². The van der Waals surface area contributed by atoms with Gasteiger partial charge in [-0.25, -0.2) is 14.4 Å². The van der Waals surface area contributed by atoms with Crippen LogP contribution in [0.3, 0.4) is 0 Å². The highest BCUT2D eigenvalue weighted by Crippen LogP contribution is 2.25. The number of hydrogen-bond acceptors (Lipinski definition) is 4. The van der Waals surface area contributed by atoms with Gasteiger partial charge in [-0.15, -0.1) is 0 Å². The Kier molecular flexibility index (Phi) is 3.86. The minimum atomic E-state index is -1.10. The number of halogens is 2. The van der Waals surface area contributed by atoms with E-state index < -0.39 is 18.0 Å². The molecule has 0 radical (unpaired) electrons. The fourth-order valence-corrected chi connectivity index (χ4v) is 1.69. The first-order valence-corrected chi connectivity index (χ1v) is 5.63. The SMILES string of the molecule is N[C@H](c1nccc(Cl)n1)C(O)c1cccc(F)c1. The van der Waals surface area contributed by atoms with E-state index in [2.05, 4.69) is 9.97 Å². The summed E-state index contributed by atoms with van der Waals surface area (Å²) in [5.41, 5.74) is 6.20. The molecule has 1 unspecified atom stereocenters. The molecule has 94 valence electrons. The van der Waals surface area contributed by atoms with Gasteiger partial charge in [-0.1, -0.05) is 23.7 Å². The van der Waals surface area contributed by atoms with Crippen LogP contribution in [0.2, 0.25) is 5.15 Å². The number of rotatable bonds is 3. The Morgan fingerprint density at radius 1 is 1.33 bits per heavy atom. The average molecular weight is 268 g/mol. The van der Waals surface area contributed by atoms with Gasteiger partial charge in [0.2, 0.25) is 0 Å². The second-order valence-corrected chi connectivity index (χ2v) is 4.15. The van der Waals surface area contributed by atoms with Crippen molar-refractivity contribution in [3.05, 3.63) is 58.9 Å². The van der Waals surface area contributed by atoms with Crippen LogP contribution in [0.5, 0.6) is 0 Å². The summed E-state index contributed by atoms with van der Waals surface area (Å²) >= 11 is 5.72. The molecule has 0 aliphatic rings. The fraction of sp³-hybridized carbons (Fsp3) is 0.167. The van der Waals surface area contributed by atoms with Gasteiger partial charge in [0.15, 0.2) is 0 Å². The lowest BCUT2D eigenvalue weighted by Crippen LogP contribution is -2.22. The molecule has 0 saturated carbocycles. The molecule has 0 fully saturated rings. The van der Waals surface area contributed by atoms with Crippen LogP contribution in [-0.2, 0) is 0 Å². The number of hydrogen-bond donors (Lipinski definition) is 2. The van der Waals surface area contributed by atoms with Crippen LogP contribution in [0, 0.1) is 5.82 Å². The molecular weight excluding hydrogens is 257 g/mol. The summed E-state index contributed by atoms with van der Waals surface area (Å²) in [7, 11) is 0.